The summed E-state index contributed by atoms with van der Waals surface area (Å²) < 4.78 is 0. The molecule has 0 amide bonds. The zero-order valence-electron chi connectivity index (χ0n) is 9.22. The number of carboxylic acids is 1. The summed E-state index contributed by atoms with van der Waals surface area (Å²) in [5.74, 6) is -0.573. The molecule has 1 unspecified atom stereocenters. The summed E-state index contributed by atoms with van der Waals surface area (Å²) in [5, 5.41) is 17.8. The molecule has 0 heterocycles. The second-order valence-electron chi connectivity index (χ2n) is 3.58. The maximum absolute atomic E-state index is 11.0. The minimum Gasteiger partial charge on any atom is -0.508 e. The summed E-state index contributed by atoms with van der Waals surface area (Å²) in [6.45, 7) is 2.05. The van der Waals surface area contributed by atoms with Gasteiger partial charge in [0, 0.05) is 4.90 Å². The van der Waals surface area contributed by atoms with Crippen molar-refractivity contribution in [2.24, 2.45) is 0 Å². The highest BCUT2D eigenvalue weighted by Gasteiger charge is 2.17. The number of carbonyl (C=O) groups is 1. The zero-order chi connectivity index (χ0) is 12.0. The van der Waals surface area contributed by atoms with Crippen LogP contribution in [0.5, 0.6) is 5.75 Å². The third-order valence-corrected chi connectivity index (χ3v) is 3.48. The molecule has 1 rings (SSSR count). The van der Waals surface area contributed by atoms with Crippen LogP contribution in [0, 0.1) is 0 Å². The van der Waals surface area contributed by atoms with Crippen molar-refractivity contribution in [2.45, 2.75) is 36.3 Å². The molecule has 0 saturated carbocycles. The Morgan fingerprint density at radius 3 is 2.50 bits per heavy atom. The van der Waals surface area contributed by atoms with Crippen LogP contribution in [0.2, 0.25) is 0 Å². The summed E-state index contributed by atoms with van der Waals surface area (Å²) in [5.41, 5.74) is 0. The second kappa shape index (κ2) is 6.43. The van der Waals surface area contributed by atoms with Crippen LogP contribution in [-0.2, 0) is 4.79 Å². The highest BCUT2D eigenvalue weighted by Crippen LogP contribution is 2.28. The van der Waals surface area contributed by atoms with E-state index >= 15 is 0 Å². The van der Waals surface area contributed by atoms with Gasteiger partial charge in [-0.15, -0.1) is 11.8 Å². The summed E-state index contributed by atoms with van der Waals surface area (Å²) in [6, 6.07) is 6.62. The lowest BCUT2D eigenvalue weighted by molar-refractivity contribution is -0.136. The van der Waals surface area contributed by atoms with Crippen LogP contribution in [0.4, 0.5) is 0 Å². The average molecular weight is 240 g/mol. The molecule has 2 N–H and O–H groups in total. The van der Waals surface area contributed by atoms with E-state index in [1.165, 1.54) is 11.8 Å². The Labute approximate surface area is 99.5 Å². The number of thioether (sulfide) groups is 1. The van der Waals surface area contributed by atoms with E-state index in [0.717, 1.165) is 17.7 Å². The lowest BCUT2D eigenvalue weighted by Gasteiger charge is -2.11. The Bertz CT molecular complexity index is 335. The van der Waals surface area contributed by atoms with E-state index in [4.69, 9.17) is 10.2 Å². The number of hydrogen-bond acceptors (Lipinski definition) is 3. The number of hydrogen-bond donors (Lipinski definition) is 2. The van der Waals surface area contributed by atoms with E-state index < -0.39 is 11.2 Å². The van der Waals surface area contributed by atoms with Gasteiger partial charge in [-0.05, 0) is 30.7 Å². The molecule has 0 aromatic heterocycles. The van der Waals surface area contributed by atoms with Gasteiger partial charge < -0.3 is 10.2 Å². The van der Waals surface area contributed by atoms with Crippen LogP contribution < -0.4 is 0 Å². The number of benzene rings is 1. The molecule has 0 aliphatic carbocycles. The largest absolute Gasteiger partial charge is 0.508 e. The van der Waals surface area contributed by atoms with E-state index in [9.17, 15) is 4.79 Å². The lowest BCUT2D eigenvalue weighted by atomic mass is 10.2. The van der Waals surface area contributed by atoms with Gasteiger partial charge >= 0.3 is 5.97 Å². The fourth-order valence-corrected chi connectivity index (χ4v) is 2.32. The van der Waals surface area contributed by atoms with Crippen LogP contribution in [0.15, 0.2) is 29.2 Å². The quantitative estimate of drug-likeness (QED) is 0.750. The van der Waals surface area contributed by atoms with Gasteiger partial charge in [0.15, 0.2) is 0 Å². The van der Waals surface area contributed by atoms with Crippen LogP contribution in [-0.4, -0.2) is 21.4 Å². The van der Waals surface area contributed by atoms with Gasteiger partial charge in [0.1, 0.15) is 11.0 Å². The van der Waals surface area contributed by atoms with Crippen molar-refractivity contribution in [1.82, 2.24) is 0 Å². The third kappa shape index (κ3) is 4.14. The van der Waals surface area contributed by atoms with Crippen molar-refractivity contribution in [2.75, 3.05) is 0 Å². The standard InChI is InChI=1S/C12H16O3S/c1-2-3-4-11(12(14)15)16-10-7-5-9(13)6-8-10/h5-8,11,13H,2-4H2,1H3,(H,14,15). The smallest absolute Gasteiger partial charge is 0.316 e. The summed E-state index contributed by atoms with van der Waals surface area (Å²) in [6.07, 6.45) is 2.60. The van der Waals surface area contributed by atoms with Crippen molar-refractivity contribution in [3.8, 4) is 5.75 Å². The Morgan fingerprint density at radius 1 is 1.38 bits per heavy atom. The highest BCUT2D eigenvalue weighted by atomic mass is 32.2. The molecule has 3 nitrogen and oxygen atoms in total. The SMILES string of the molecule is CCCCC(Sc1ccc(O)cc1)C(=O)O. The molecule has 1 aromatic rings. The summed E-state index contributed by atoms with van der Waals surface area (Å²) >= 11 is 1.33. The molecule has 0 spiro atoms. The van der Waals surface area contributed by atoms with Crippen LogP contribution >= 0.6 is 11.8 Å². The number of unbranched alkanes of at least 4 members (excludes halogenated alkanes) is 1. The van der Waals surface area contributed by atoms with Crippen LogP contribution in [0.1, 0.15) is 26.2 Å². The van der Waals surface area contributed by atoms with Gasteiger partial charge in [0.05, 0.1) is 0 Å². The van der Waals surface area contributed by atoms with Gasteiger partial charge in [-0.1, -0.05) is 19.8 Å². The molecule has 1 aromatic carbocycles. The number of phenols is 1. The maximum atomic E-state index is 11.0. The first-order chi connectivity index (χ1) is 7.63. The van der Waals surface area contributed by atoms with Gasteiger partial charge in [-0.2, -0.15) is 0 Å². The molecular formula is C12H16O3S. The minimum absolute atomic E-state index is 0.199. The van der Waals surface area contributed by atoms with E-state index in [1.807, 2.05) is 6.92 Å². The molecule has 4 heteroatoms. The van der Waals surface area contributed by atoms with Crippen molar-refractivity contribution in [3.63, 3.8) is 0 Å². The number of carboxylic acid groups (broad SMARTS) is 1. The maximum Gasteiger partial charge on any atom is 0.316 e. The van der Waals surface area contributed by atoms with Gasteiger partial charge in [-0.25, -0.2) is 0 Å². The Kier molecular flexibility index (Phi) is 5.19. The minimum atomic E-state index is -0.772. The second-order valence-corrected chi connectivity index (χ2v) is 4.86. The molecule has 88 valence electrons. The fraction of sp³-hybridized carbons (Fsp3) is 0.417. The first-order valence-electron chi connectivity index (χ1n) is 5.32. The van der Waals surface area contributed by atoms with Gasteiger partial charge in [0.25, 0.3) is 0 Å². The zero-order valence-corrected chi connectivity index (χ0v) is 10.0. The average Bonchev–Trinajstić information content (AvgIpc) is 2.26. The van der Waals surface area contributed by atoms with Crippen molar-refractivity contribution >= 4 is 17.7 Å². The Hall–Kier alpha value is -1.16. The molecule has 16 heavy (non-hydrogen) atoms. The Balaban J connectivity index is 2.60. The van der Waals surface area contributed by atoms with Gasteiger partial charge in [-0.3, -0.25) is 4.79 Å². The van der Waals surface area contributed by atoms with Crippen LogP contribution in [0.3, 0.4) is 0 Å². The number of rotatable bonds is 6. The predicted molar refractivity (Wildman–Crippen MR) is 64.9 cm³/mol. The van der Waals surface area contributed by atoms with E-state index in [1.54, 1.807) is 24.3 Å². The van der Waals surface area contributed by atoms with E-state index in [2.05, 4.69) is 0 Å². The predicted octanol–water partition coefficient (Wildman–Crippen LogP) is 3.13. The molecule has 0 aliphatic heterocycles. The number of phenolic OH excluding ortho intramolecular Hbond substituents is 1. The lowest BCUT2D eigenvalue weighted by Crippen LogP contribution is -2.15. The monoisotopic (exact) mass is 240 g/mol. The molecule has 0 saturated heterocycles. The van der Waals surface area contributed by atoms with Crippen molar-refractivity contribution in [1.29, 1.82) is 0 Å². The summed E-state index contributed by atoms with van der Waals surface area (Å²) in [4.78, 5) is 11.9. The molecule has 0 bridgehead atoms. The molecular weight excluding hydrogens is 224 g/mol. The van der Waals surface area contributed by atoms with Gasteiger partial charge in [0.2, 0.25) is 0 Å². The summed E-state index contributed by atoms with van der Waals surface area (Å²) in [7, 11) is 0. The van der Waals surface area contributed by atoms with Crippen LogP contribution in [0.25, 0.3) is 0 Å². The topological polar surface area (TPSA) is 57.5 Å². The highest BCUT2D eigenvalue weighted by molar-refractivity contribution is 8.00. The Morgan fingerprint density at radius 2 is 2.00 bits per heavy atom. The van der Waals surface area contributed by atoms with Crippen molar-refractivity contribution in [3.05, 3.63) is 24.3 Å². The number of aliphatic carboxylic acids is 1. The van der Waals surface area contributed by atoms with Crippen molar-refractivity contribution < 1.29 is 15.0 Å². The van der Waals surface area contributed by atoms with E-state index in [0.29, 0.717) is 6.42 Å². The normalized spacial score (nSPS) is 12.3. The fourth-order valence-electron chi connectivity index (χ4n) is 1.31. The third-order valence-electron chi connectivity index (χ3n) is 2.21. The first kappa shape index (κ1) is 12.9. The molecule has 0 fully saturated rings. The molecule has 1 atom stereocenters. The first-order valence-corrected chi connectivity index (χ1v) is 6.20. The van der Waals surface area contributed by atoms with E-state index in [-0.39, 0.29) is 5.75 Å². The number of aromatic hydroxyl groups is 1. The molecule has 0 radical (unpaired) electrons. The molecule has 0 aliphatic rings.